The summed E-state index contributed by atoms with van der Waals surface area (Å²) in [4.78, 5) is 22.9. The number of thioether (sulfide) groups is 1. The first-order chi connectivity index (χ1) is 21.8. The van der Waals surface area contributed by atoms with E-state index in [-0.39, 0.29) is 20.5 Å². The summed E-state index contributed by atoms with van der Waals surface area (Å²) in [6, 6.07) is 16.4. The van der Waals surface area contributed by atoms with Gasteiger partial charge < -0.3 is 4.74 Å². The highest BCUT2D eigenvalue weighted by Crippen LogP contribution is 2.41. The van der Waals surface area contributed by atoms with Gasteiger partial charge in [-0.05, 0) is 94.3 Å². The van der Waals surface area contributed by atoms with Crippen LogP contribution in [0, 0.1) is 36.3 Å². The van der Waals surface area contributed by atoms with Crippen molar-refractivity contribution in [2.75, 3.05) is 6.26 Å². The minimum absolute atomic E-state index is 0.0178. The molecule has 47 heavy (non-hydrogen) atoms. The molecule has 4 aromatic rings. The van der Waals surface area contributed by atoms with Crippen LogP contribution in [0.1, 0.15) is 42.3 Å². The molecule has 11 nitrogen and oxygen atoms in total. The van der Waals surface area contributed by atoms with Crippen molar-refractivity contribution >= 4 is 60.5 Å². The first kappa shape index (κ1) is 35.8. The molecule has 0 fully saturated rings. The number of hydrogen-bond donors (Lipinski definition) is 2. The van der Waals surface area contributed by atoms with Crippen LogP contribution in [-0.4, -0.2) is 41.3 Å². The molecular weight excluding hydrogens is 681 g/mol. The molecule has 1 heterocycles. The zero-order chi connectivity index (χ0) is 34.9. The number of nitro benzene ring substituents is 1. The quantitative estimate of drug-likeness (QED) is 0.0607. The number of carbonyl (C=O) groups is 1. The van der Waals surface area contributed by atoms with Gasteiger partial charge >= 0.3 is 6.09 Å². The Bertz CT molecular complexity index is 2120. The number of alkyl carbamates (subject to hydrolysis) is 1. The Balaban J connectivity index is 1.98. The number of ether oxygens (including phenoxy) is 1. The summed E-state index contributed by atoms with van der Waals surface area (Å²) < 4.78 is 52.6. The molecule has 0 aliphatic heterocycles. The number of carbonyl (C=O) groups excluding carboxylic acids is 1. The van der Waals surface area contributed by atoms with Crippen molar-refractivity contribution in [3.63, 3.8) is 0 Å². The van der Waals surface area contributed by atoms with E-state index >= 15 is 4.21 Å². The Morgan fingerprint density at radius 3 is 2.19 bits per heavy atom. The van der Waals surface area contributed by atoms with Crippen molar-refractivity contribution in [2.45, 2.75) is 66.0 Å². The summed E-state index contributed by atoms with van der Waals surface area (Å²) in [5.74, 6) is -0.339. The van der Waals surface area contributed by atoms with Crippen LogP contribution in [0.25, 0.3) is 11.1 Å². The van der Waals surface area contributed by atoms with E-state index in [2.05, 4.69) is 9.08 Å². The number of non-ortho nitro benzene ring substituents is 1. The fourth-order valence-corrected chi connectivity index (χ4v) is 11.5. The van der Waals surface area contributed by atoms with Crippen molar-refractivity contribution in [1.82, 2.24) is 5.32 Å². The van der Waals surface area contributed by atoms with Gasteiger partial charge in [-0.2, -0.15) is 8.42 Å². The van der Waals surface area contributed by atoms with Gasteiger partial charge in [0, 0.05) is 12.1 Å². The molecule has 3 aromatic carbocycles. The summed E-state index contributed by atoms with van der Waals surface area (Å²) in [7, 11) is -8.79. The highest BCUT2D eigenvalue weighted by molar-refractivity contribution is 8.05. The minimum Gasteiger partial charge on any atom is -0.444 e. The third-order valence-electron chi connectivity index (χ3n) is 6.67. The van der Waals surface area contributed by atoms with Gasteiger partial charge in [0.15, 0.2) is 0 Å². The van der Waals surface area contributed by atoms with Crippen molar-refractivity contribution in [2.24, 2.45) is 3.77 Å². The average Bonchev–Trinajstić information content (AvgIpc) is 3.41. The molecule has 0 bridgehead atoms. The second kappa shape index (κ2) is 13.6. The number of sulfonamides is 1. The van der Waals surface area contributed by atoms with Crippen LogP contribution < -0.4 is 5.32 Å². The molecule has 0 spiro atoms. The summed E-state index contributed by atoms with van der Waals surface area (Å²) in [6.07, 6.45) is 0.840. The number of nitro groups is 1. The maximum atomic E-state index is 15.4. The van der Waals surface area contributed by atoms with Crippen molar-refractivity contribution < 1.29 is 27.1 Å². The van der Waals surface area contributed by atoms with Crippen LogP contribution in [0.4, 0.5) is 10.5 Å². The van der Waals surface area contributed by atoms with E-state index in [0.717, 1.165) is 51.8 Å². The second-order valence-corrected chi connectivity index (χ2v) is 17.7. The van der Waals surface area contributed by atoms with Gasteiger partial charge in [-0.25, -0.2) is 9.00 Å². The van der Waals surface area contributed by atoms with E-state index in [4.69, 9.17) is 10.1 Å². The maximum Gasteiger partial charge on any atom is 0.413 e. The lowest BCUT2D eigenvalue weighted by Gasteiger charge is -2.19. The fraction of sp³-hybridized carbons (Fsp3) is 0.250. The van der Waals surface area contributed by atoms with Gasteiger partial charge in [-0.1, -0.05) is 39.7 Å². The average molecular weight is 715 g/mol. The summed E-state index contributed by atoms with van der Waals surface area (Å²) in [6.45, 7) is 10.9. The number of aryl methyl sites for hydroxylation is 3. The summed E-state index contributed by atoms with van der Waals surface area (Å²) in [5.41, 5.74) is 3.30. The molecule has 4 rings (SSSR count). The number of thiophene rings is 1. The highest BCUT2D eigenvalue weighted by Gasteiger charge is 2.30. The normalized spacial score (nSPS) is 13.0. The molecule has 248 valence electrons. The number of nitrogens with one attached hydrogen (secondary N) is 2. The molecule has 2 N–H and O–H groups in total. The van der Waals surface area contributed by atoms with E-state index in [9.17, 15) is 23.3 Å². The molecule has 1 aromatic heterocycles. The number of nitrogens with zero attached hydrogens (tertiary/aromatic N) is 2. The second-order valence-electron chi connectivity index (χ2n) is 11.6. The molecule has 0 aliphatic rings. The molecule has 1 amide bonds. The topological polar surface area (TPSA) is 169 Å². The van der Waals surface area contributed by atoms with Crippen LogP contribution >= 0.6 is 23.1 Å². The van der Waals surface area contributed by atoms with Gasteiger partial charge in [0.2, 0.25) is 0 Å². The van der Waals surface area contributed by atoms with Gasteiger partial charge in [0.05, 0.1) is 28.7 Å². The molecule has 0 aliphatic carbocycles. The van der Waals surface area contributed by atoms with E-state index in [1.54, 1.807) is 39.2 Å². The molecule has 0 radical (unpaired) electrons. The van der Waals surface area contributed by atoms with Crippen LogP contribution in [0.5, 0.6) is 0 Å². The number of amidine groups is 1. The monoisotopic (exact) mass is 714 g/mol. The Morgan fingerprint density at radius 2 is 1.60 bits per heavy atom. The van der Waals surface area contributed by atoms with E-state index < -0.39 is 47.0 Å². The van der Waals surface area contributed by atoms with Gasteiger partial charge in [-0.3, -0.25) is 20.8 Å². The zero-order valence-corrected chi connectivity index (χ0v) is 30.0. The van der Waals surface area contributed by atoms with Gasteiger partial charge in [-0.15, -0.1) is 23.1 Å². The Hall–Kier alpha value is -4.05. The first-order valence-corrected chi connectivity index (χ1v) is 19.1. The third kappa shape index (κ3) is 8.09. The van der Waals surface area contributed by atoms with Crippen LogP contribution in [0.15, 0.2) is 89.4 Å². The largest absolute Gasteiger partial charge is 0.444 e. The van der Waals surface area contributed by atoms with E-state index in [1.165, 1.54) is 30.0 Å². The van der Waals surface area contributed by atoms with Crippen molar-refractivity contribution in [3.05, 3.63) is 98.4 Å². The molecule has 1 unspecified atom stereocenters. The lowest BCUT2D eigenvalue weighted by atomic mass is 9.94. The molecular formula is C32H34N4O7S4. The predicted octanol–water partition coefficient (Wildman–Crippen LogP) is 8.10. The number of hydrogen-bond acceptors (Lipinski definition) is 10. The standard InChI is InChI=1S/C32H34N4O7S4/c1-19-14-20(2)28(21(3)15-19)22-10-8-12-24(16-22)46(40,35-47(41,42)25-13-9-11-23(17-25)36(38)39)27-18-26(45-30(27)44-7)29(33)34-31(37)43-32(4,5)6/h8-18H,1-7H3,(H2,33,34,37). The van der Waals surface area contributed by atoms with Gasteiger partial charge in [0.1, 0.15) is 21.2 Å². The van der Waals surface area contributed by atoms with Crippen LogP contribution in [0.2, 0.25) is 0 Å². The first-order valence-electron chi connectivity index (χ1n) is 14.1. The van der Waals surface area contributed by atoms with Crippen LogP contribution in [-0.2, 0) is 24.5 Å². The number of amides is 1. The van der Waals surface area contributed by atoms with Gasteiger partial charge in [0.25, 0.3) is 15.7 Å². The number of benzene rings is 3. The fourth-order valence-electron chi connectivity index (χ4n) is 4.89. The minimum atomic E-state index is -4.75. The van der Waals surface area contributed by atoms with E-state index in [1.807, 2.05) is 39.0 Å². The lowest BCUT2D eigenvalue weighted by Crippen LogP contribution is -2.36. The van der Waals surface area contributed by atoms with Crippen molar-refractivity contribution in [1.29, 1.82) is 5.41 Å². The Morgan fingerprint density at radius 1 is 0.979 bits per heavy atom. The smallest absolute Gasteiger partial charge is 0.413 e. The van der Waals surface area contributed by atoms with Crippen molar-refractivity contribution in [3.8, 4) is 11.1 Å². The molecule has 15 heteroatoms. The highest BCUT2D eigenvalue weighted by atomic mass is 32.3. The third-order valence-corrected chi connectivity index (χ3v) is 13.5. The molecule has 0 saturated heterocycles. The maximum absolute atomic E-state index is 15.4. The molecule has 1 atom stereocenters. The number of rotatable bonds is 8. The zero-order valence-electron chi connectivity index (χ0n) is 26.7. The van der Waals surface area contributed by atoms with E-state index in [0.29, 0.717) is 9.77 Å². The Kier molecular flexibility index (Phi) is 10.3. The lowest BCUT2D eigenvalue weighted by molar-refractivity contribution is -0.385. The predicted molar refractivity (Wildman–Crippen MR) is 186 cm³/mol. The summed E-state index contributed by atoms with van der Waals surface area (Å²) in [5, 5.41) is 22.3. The van der Waals surface area contributed by atoms with Crippen LogP contribution in [0.3, 0.4) is 0 Å². The molecule has 0 saturated carbocycles. The summed E-state index contributed by atoms with van der Waals surface area (Å²) >= 11 is 2.20. The SMILES string of the molecule is CSc1sc(C(=N)NC(=O)OC(C)(C)C)cc1S(=O)(=NS(=O)(=O)c1cccc([N+](=O)[O-])c1)c1cccc(-c2c(C)cc(C)cc2C)c1. The Labute approximate surface area is 282 Å².